The van der Waals surface area contributed by atoms with Crippen molar-refractivity contribution in [3.05, 3.63) is 12.7 Å². The van der Waals surface area contributed by atoms with E-state index >= 15 is 0 Å². The number of nitrogen functional groups attached to an aromatic ring is 1. The third-order valence-corrected chi connectivity index (χ3v) is 13.5. The van der Waals surface area contributed by atoms with Crippen LogP contribution in [0.1, 0.15) is 61.1 Å². The average Bonchev–Trinajstić information content (AvgIpc) is 3.52. The van der Waals surface area contributed by atoms with Crippen molar-refractivity contribution < 1.29 is 46.6 Å². The van der Waals surface area contributed by atoms with Crippen LogP contribution in [-0.4, -0.2) is 78.5 Å². The zero-order valence-electron chi connectivity index (χ0n) is 27.0. The number of hydrogen-bond acceptors (Lipinski definition) is 14. The second-order valence-electron chi connectivity index (χ2n) is 12.7. The average molecular weight is 660 g/mol. The number of anilines is 1. The monoisotopic (exact) mass is 659 g/mol. The summed E-state index contributed by atoms with van der Waals surface area (Å²) in [6, 6.07) is 0. The van der Waals surface area contributed by atoms with E-state index in [1.807, 2.05) is 0 Å². The molecule has 1 saturated heterocycles. The summed E-state index contributed by atoms with van der Waals surface area (Å²) < 4.78 is 54.7. The Balaban J connectivity index is 1.72. The van der Waals surface area contributed by atoms with Gasteiger partial charge < -0.3 is 29.1 Å². The van der Waals surface area contributed by atoms with E-state index < -0.39 is 72.0 Å². The van der Waals surface area contributed by atoms with E-state index in [0.29, 0.717) is 17.6 Å². The lowest BCUT2D eigenvalue weighted by Gasteiger charge is -2.39. The molecular formula is C27H46N5O10PSi. The molecule has 3 atom stereocenters. The van der Waals surface area contributed by atoms with Gasteiger partial charge in [0.25, 0.3) is 0 Å². The molecule has 0 saturated carbocycles. The summed E-state index contributed by atoms with van der Waals surface area (Å²) in [6.45, 7) is 16.1. The van der Waals surface area contributed by atoms with Crippen LogP contribution in [0.15, 0.2) is 12.7 Å². The van der Waals surface area contributed by atoms with Gasteiger partial charge in [0, 0.05) is 6.42 Å². The molecule has 1 aliphatic rings. The van der Waals surface area contributed by atoms with Crippen LogP contribution >= 0.6 is 7.60 Å². The Morgan fingerprint density at radius 3 is 2.20 bits per heavy atom. The Kier molecular flexibility index (Phi) is 12.1. The van der Waals surface area contributed by atoms with Crippen molar-refractivity contribution in [1.29, 1.82) is 0 Å². The van der Waals surface area contributed by atoms with Crippen molar-refractivity contribution >= 4 is 44.8 Å². The lowest BCUT2D eigenvalue weighted by atomic mass is 10.2. The molecule has 0 aliphatic carbocycles. The lowest BCUT2D eigenvalue weighted by Crippen LogP contribution is -2.45. The number of nitrogens with two attached hydrogens (primary N) is 1. The maximum Gasteiger partial charge on any atom is 0.361 e. The van der Waals surface area contributed by atoms with Crippen molar-refractivity contribution in [1.82, 2.24) is 19.5 Å². The summed E-state index contributed by atoms with van der Waals surface area (Å²) in [5.74, 6) is -1.65. The van der Waals surface area contributed by atoms with Gasteiger partial charge in [-0.25, -0.2) is 15.0 Å². The molecule has 2 aromatic rings. The van der Waals surface area contributed by atoms with Gasteiger partial charge in [0.1, 0.15) is 18.2 Å². The van der Waals surface area contributed by atoms with E-state index in [1.165, 1.54) is 6.33 Å². The second-order valence-corrected chi connectivity index (χ2v) is 19.5. The molecule has 3 heterocycles. The summed E-state index contributed by atoms with van der Waals surface area (Å²) in [7, 11) is -6.26. The Labute approximate surface area is 259 Å². The molecule has 15 nitrogen and oxygen atoms in total. The fraction of sp³-hybridized carbons (Fsp3) is 0.741. The standard InChI is InChI=1S/C27H46N5O10PSi/c1-17(2)25(33)37-14-39-43(35,40-15-38-26(34)18(3)4)16-36-11-19-10-20(42-44(8,9)27(5,6)7)24(41-19)32-13-31-21-22(28)29-12-30-23(21)32/h12-13,17-20,24H,10-11,14-16H2,1-9H3,(H2,28,29,30)/t19-,20-,24+/m0/s1. The largest absolute Gasteiger partial charge is 0.438 e. The molecule has 0 bridgehead atoms. The van der Waals surface area contributed by atoms with Crippen LogP contribution in [-0.2, 0) is 46.6 Å². The van der Waals surface area contributed by atoms with Gasteiger partial charge in [-0.15, -0.1) is 0 Å². The minimum atomic E-state index is -4.02. The molecule has 0 aromatic carbocycles. The van der Waals surface area contributed by atoms with Gasteiger partial charge in [-0.2, -0.15) is 0 Å². The molecule has 1 aliphatic heterocycles. The highest BCUT2D eigenvalue weighted by Crippen LogP contribution is 2.48. The number of ether oxygens (including phenoxy) is 4. The quantitative estimate of drug-likeness (QED) is 0.121. The second kappa shape index (κ2) is 14.8. The van der Waals surface area contributed by atoms with Crippen LogP contribution in [0.3, 0.4) is 0 Å². The highest BCUT2D eigenvalue weighted by molar-refractivity contribution is 7.53. The number of esters is 2. The van der Waals surface area contributed by atoms with Gasteiger partial charge in [-0.1, -0.05) is 48.5 Å². The number of aromatic nitrogens is 4. The summed E-state index contributed by atoms with van der Waals surface area (Å²) in [5.41, 5.74) is 6.97. The van der Waals surface area contributed by atoms with Crippen LogP contribution in [0.25, 0.3) is 11.2 Å². The number of carbonyl (C=O) groups excluding carboxylic acids is 2. The SMILES string of the molecule is CC(C)C(=O)OCOP(=O)(COC[C@@H]1C[C@H](O[Si](C)(C)C(C)(C)C)[C@H](n2cnc3c(N)ncnc32)O1)OCOC(=O)C(C)C. The third-order valence-electron chi connectivity index (χ3n) is 7.46. The maximum absolute atomic E-state index is 13.4. The van der Waals surface area contributed by atoms with Crippen molar-refractivity contribution in [2.45, 2.75) is 91.5 Å². The Hall–Kier alpha value is -2.46. The van der Waals surface area contributed by atoms with Crippen LogP contribution in [0.2, 0.25) is 18.1 Å². The Morgan fingerprint density at radius 2 is 1.66 bits per heavy atom. The molecule has 0 radical (unpaired) electrons. The predicted octanol–water partition coefficient (Wildman–Crippen LogP) is 4.60. The van der Waals surface area contributed by atoms with Crippen LogP contribution in [0.4, 0.5) is 5.82 Å². The highest BCUT2D eigenvalue weighted by atomic mass is 31.2. The van der Waals surface area contributed by atoms with Gasteiger partial charge in [-0.05, 0) is 18.1 Å². The molecule has 248 valence electrons. The molecule has 0 amide bonds. The van der Waals surface area contributed by atoms with Gasteiger partial charge in [0.2, 0.25) is 13.6 Å². The molecule has 0 spiro atoms. The molecular weight excluding hydrogens is 613 g/mol. The first-order valence-corrected chi connectivity index (χ1v) is 19.1. The smallest absolute Gasteiger partial charge is 0.361 e. The summed E-state index contributed by atoms with van der Waals surface area (Å²) in [6.07, 6.45) is 1.47. The van der Waals surface area contributed by atoms with E-state index in [1.54, 1.807) is 38.6 Å². The van der Waals surface area contributed by atoms with Crippen molar-refractivity contribution in [3.8, 4) is 0 Å². The maximum atomic E-state index is 13.4. The minimum Gasteiger partial charge on any atom is -0.438 e. The number of imidazole rings is 1. The normalized spacial score (nSPS) is 19.7. The summed E-state index contributed by atoms with van der Waals surface area (Å²) >= 11 is 0. The van der Waals surface area contributed by atoms with Gasteiger partial charge in [0.05, 0.1) is 37.0 Å². The zero-order chi connectivity index (χ0) is 32.9. The van der Waals surface area contributed by atoms with Gasteiger partial charge in [0.15, 0.2) is 26.0 Å². The molecule has 2 aromatic heterocycles. The predicted molar refractivity (Wildman–Crippen MR) is 163 cm³/mol. The first kappa shape index (κ1) is 36.0. The molecule has 3 rings (SSSR count). The van der Waals surface area contributed by atoms with E-state index in [-0.39, 0.29) is 23.6 Å². The van der Waals surface area contributed by atoms with Crippen LogP contribution in [0, 0.1) is 11.8 Å². The molecule has 2 N–H and O–H groups in total. The highest BCUT2D eigenvalue weighted by Gasteiger charge is 2.46. The molecule has 0 unspecified atom stereocenters. The topological polar surface area (TPSA) is 185 Å². The van der Waals surface area contributed by atoms with E-state index in [4.69, 9.17) is 38.2 Å². The number of nitrogens with zero attached hydrogens (tertiary/aromatic N) is 4. The van der Waals surface area contributed by atoms with Crippen LogP contribution in [0.5, 0.6) is 0 Å². The van der Waals surface area contributed by atoms with Crippen molar-refractivity contribution in [2.75, 3.05) is 32.3 Å². The lowest BCUT2D eigenvalue weighted by molar-refractivity contribution is -0.156. The number of rotatable bonds is 15. The minimum absolute atomic E-state index is 0.00584. The van der Waals surface area contributed by atoms with E-state index in [9.17, 15) is 14.2 Å². The third kappa shape index (κ3) is 9.28. The van der Waals surface area contributed by atoms with Crippen molar-refractivity contribution in [3.63, 3.8) is 0 Å². The van der Waals surface area contributed by atoms with Gasteiger partial charge >= 0.3 is 19.5 Å². The number of carbonyl (C=O) groups is 2. The number of hydrogen-bond donors (Lipinski definition) is 1. The zero-order valence-corrected chi connectivity index (χ0v) is 28.9. The Bertz CT molecular complexity index is 1300. The van der Waals surface area contributed by atoms with Gasteiger partial charge in [-0.3, -0.25) is 27.8 Å². The fourth-order valence-electron chi connectivity index (χ4n) is 3.86. The fourth-order valence-corrected chi connectivity index (χ4v) is 6.16. The molecule has 1 fully saturated rings. The van der Waals surface area contributed by atoms with E-state index in [2.05, 4.69) is 48.8 Å². The first-order valence-electron chi connectivity index (χ1n) is 14.5. The van der Waals surface area contributed by atoms with Crippen LogP contribution < -0.4 is 5.73 Å². The summed E-state index contributed by atoms with van der Waals surface area (Å²) in [5, 5.41) is -0.0604. The Morgan fingerprint density at radius 1 is 1.07 bits per heavy atom. The van der Waals surface area contributed by atoms with Crippen molar-refractivity contribution in [2.24, 2.45) is 11.8 Å². The molecule has 44 heavy (non-hydrogen) atoms. The number of fused-ring (bicyclic) bond motifs is 1. The first-order chi connectivity index (χ1) is 20.4. The summed E-state index contributed by atoms with van der Waals surface area (Å²) in [4.78, 5) is 36.4. The van der Waals surface area contributed by atoms with E-state index in [0.717, 1.165) is 0 Å². The molecule has 17 heteroatoms.